The fraction of sp³-hybridized carbons (Fsp3) is 0.280. The lowest BCUT2D eigenvalue weighted by atomic mass is 10.1. The third-order valence-corrected chi connectivity index (χ3v) is 5.66. The number of carbonyl (C=O) groups is 1. The first-order chi connectivity index (χ1) is 15.5. The summed E-state index contributed by atoms with van der Waals surface area (Å²) < 4.78 is 3.19. The van der Waals surface area contributed by atoms with Gasteiger partial charge in [0.25, 0.3) is 11.5 Å². The molecule has 0 spiro atoms. The minimum atomic E-state index is -0.340. The maximum Gasteiger partial charge on any atom is 0.267 e. The second-order valence-electron chi connectivity index (χ2n) is 7.94. The monoisotopic (exact) mass is 429 g/mol. The van der Waals surface area contributed by atoms with E-state index in [0.29, 0.717) is 36.2 Å². The highest BCUT2D eigenvalue weighted by atomic mass is 16.1. The van der Waals surface area contributed by atoms with E-state index in [1.165, 1.54) is 10.5 Å². The minimum Gasteiger partial charge on any atom is -0.352 e. The number of carbonyl (C=O) groups excluding carboxylic acids is 1. The Morgan fingerprint density at radius 3 is 2.66 bits per heavy atom. The van der Waals surface area contributed by atoms with E-state index in [1.807, 2.05) is 43.3 Å². The van der Waals surface area contributed by atoms with Crippen LogP contribution >= 0.6 is 0 Å². The number of hydrogen-bond acceptors (Lipinski definition) is 4. The van der Waals surface area contributed by atoms with E-state index in [-0.39, 0.29) is 22.5 Å². The van der Waals surface area contributed by atoms with Gasteiger partial charge in [-0.15, -0.1) is 0 Å². The molecule has 0 aliphatic heterocycles. The normalized spacial score (nSPS) is 11.2. The van der Waals surface area contributed by atoms with Gasteiger partial charge in [0.2, 0.25) is 0 Å². The van der Waals surface area contributed by atoms with Gasteiger partial charge in [-0.3, -0.25) is 19.4 Å². The van der Waals surface area contributed by atoms with E-state index in [4.69, 9.17) is 10.4 Å². The van der Waals surface area contributed by atoms with E-state index >= 15 is 0 Å². The van der Waals surface area contributed by atoms with Gasteiger partial charge in [0.05, 0.1) is 10.9 Å². The topological polar surface area (TPSA) is 92.2 Å². The van der Waals surface area contributed by atoms with Crippen molar-refractivity contribution in [1.82, 2.24) is 19.3 Å². The Hall–Kier alpha value is -3.74. The molecule has 3 aromatic heterocycles. The van der Waals surface area contributed by atoms with E-state index in [1.54, 1.807) is 16.8 Å². The number of pyridine rings is 2. The summed E-state index contributed by atoms with van der Waals surface area (Å²) in [6.07, 6.45) is 4.15. The summed E-state index contributed by atoms with van der Waals surface area (Å²) in [6.45, 7) is 4.92. The molecule has 0 aliphatic carbocycles. The second-order valence-corrected chi connectivity index (χ2v) is 7.94. The number of fused-ring (bicyclic) bond motifs is 2. The summed E-state index contributed by atoms with van der Waals surface area (Å²) >= 11 is 0. The SMILES string of the molecule is CCCCNC(=O)c1cc2c(=O)n3cccc(C)c3nc2n(CCc2ccccc2)c1=N. The molecule has 4 aromatic rings. The average molecular weight is 430 g/mol. The van der Waals surface area contributed by atoms with Crippen LogP contribution in [-0.4, -0.2) is 26.4 Å². The van der Waals surface area contributed by atoms with Crippen molar-refractivity contribution in [3.8, 4) is 0 Å². The molecule has 3 heterocycles. The molecular formula is C25H27N5O2. The first kappa shape index (κ1) is 21.5. The van der Waals surface area contributed by atoms with E-state index < -0.39 is 0 Å². The number of aryl methyl sites for hydroxylation is 3. The molecule has 1 amide bonds. The molecule has 0 unspecified atom stereocenters. The van der Waals surface area contributed by atoms with Gasteiger partial charge in [-0.25, -0.2) is 4.98 Å². The van der Waals surface area contributed by atoms with Crippen molar-refractivity contribution in [2.45, 2.75) is 39.7 Å². The standard InChI is InChI=1S/C25H27N5O2/c1-3-4-13-27-24(31)19-16-20-23(28-22-17(2)9-8-14-30(22)25(20)32)29(21(19)26)15-12-18-10-6-5-7-11-18/h5-11,14,16,26H,3-4,12-13,15H2,1-2H3,(H,27,31). The van der Waals surface area contributed by atoms with Crippen LogP contribution in [0.25, 0.3) is 16.7 Å². The van der Waals surface area contributed by atoms with Crippen molar-refractivity contribution in [3.05, 3.63) is 87.3 Å². The average Bonchev–Trinajstić information content (AvgIpc) is 2.80. The van der Waals surface area contributed by atoms with Gasteiger partial charge in [-0.2, -0.15) is 0 Å². The van der Waals surface area contributed by atoms with Gasteiger partial charge in [-0.05, 0) is 43.0 Å². The Labute approximate surface area is 185 Å². The number of nitrogens with zero attached hydrogens (tertiary/aromatic N) is 3. The van der Waals surface area contributed by atoms with Gasteiger partial charge in [0.15, 0.2) is 0 Å². The zero-order valence-electron chi connectivity index (χ0n) is 18.4. The molecule has 7 nitrogen and oxygen atoms in total. The highest BCUT2D eigenvalue weighted by Gasteiger charge is 2.18. The maximum absolute atomic E-state index is 13.3. The molecular weight excluding hydrogens is 402 g/mol. The Kier molecular flexibility index (Phi) is 6.16. The van der Waals surface area contributed by atoms with Crippen LogP contribution < -0.4 is 16.4 Å². The van der Waals surface area contributed by atoms with Gasteiger partial charge in [0, 0.05) is 19.3 Å². The lowest BCUT2D eigenvalue weighted by Crippen LogP contribution is -2.35. The Morgan fingerprint density at radius 1 is 1.12 bits per heavy atom. The lowest BCUT2D eigenvalue weighted by Gasteiger charge is -2.15. The predicted molar refractivity (Wildman–Crippen MR) is 125 cm³/mol. The highest BCUT2D eigenvalue weighted by Crippen LogP contribution is 2.13. The maximum atomic E-state index is 13.3. The van der Waals surface area contributed by atoms with Crippen molar-refractivity contribution < 1.29 is 4.79 Å². The number of unbranched alkanes of at least 4 members (excludes halogenated alkanes) is 1. The number of rotatable bonds is 7. The summed E-state index contributed by atoms with van der Waals surface area (Å²) in [6, 6.07) is 15.2. The number of nitrogens with one attached hydrogen (secondary N) is 2. The molecule has 0 aliphatic rings. The van der Waals surface area contributed by atoms with Crippen LogP contribution in [0.3, 0.4) is 0 Å². The summed E-state index contributed by atoms with van der Waals surface area (Å²) in [5, 5.41) is 12.0. The molecule has 32 heavy (non-hydrogen) atoms. The van der Waals surface area contributed by atoms with Crippen LogP contribution in [0.15, 0.2) is 59.5 Å². The summed E-state index contributed by atoms with van der Waals surface area (Å²) in [5.41, 5.74) is 2.96. The van der Waals surface area contributed by atoms with Crippen molar-refractivity contribution in [3.63, 3.8) is 0 Å². The van der Waals surface area contributed by atoms with Crippen LogP contribution in [-0.2, 0) is 13.0 Å². The molecule has 164 valence electrons. The first-order valence-electron chi connectivity index (χ1n) is 10.9. The Balaban J connectivity index is 1.92. The van der Waals surface area contributed by atoms with Crippen molar-refractivity contribution in [2.24, 2.45) is 0 Å². The van der Waals surface area contributed by atoms with Gasteiger partial charge >= 0.3 is 0 Å². The van der Waals surface area contributed by atoms with Crippen molar-refractivity contribution in [2.75, 3.05) is 6.54 Å². The van der Waals surface area contributed by atoms with Gasteiger partial charge < -0.3 is 9.88 Å². The predicted octanol–water partition coefficient (Wildman–Crippen LogP) is 3.21. The Morgan fingerprint density at radius 2 is 1.91 bits per heavy atom. The molecule has 1 aromatic carbocycles. The van der Waals surface area contributed by atoms with Gasteiger partial charge in [-0.1, -0.05) is 49.7 Å². The second kappa shape index (κ2) is 9.18. The molecule has 0 saturated carbocycles. The molecule has 7 heteroatoms. The summed E-state index contributed by atoms with van der Waals surface area (Å²) in [7, 11) is 0. The van der Waals surface area contributed by atoms with Crippen LogP contribution in [0.1, 0.15) is 41.3 Å². The molecule has 0 atom stereocenters. The summed E-state index contributed by atoms with van der Waals surface area (Å²) in [5.74, 6) is -0.340. The number of hydrogen-bond donors (Lipinski definition) is 2. The van der Waals surface area contributed by atoms with Crippen LogP contribution in [0.5, 0.6) is 0 Å². The van der Waals surface area contributed by atoms with E-state index in [0.717, 1.165) is 24.0 Å². The molecule has 0 fully saturated rings. The molecule has 4 rings (SSSR count). The lowest BCUT2D eigenvalue weighted by molar-refractivity contribution is 0.0950. The van der Waals surface area contributed by atoms with Crippen molar-refractivity contribution in [1.29, 1.82) is 5.41 Å². The zero-order valence-corrected chi connectivity index (χ0v) is 18.4. The summed E-state index contributed by atoms with van der Waals surface area (Å²) in [4.78, 5) is 31.0. The largest absolute Gasteiger partial charge is 0.352 e. The number of amides is 1. The van der Waals surface area contributed by atoms with Crippen LogP contribution in [0.2, 0.25) is 0 Å². The van der Waals surface area contributed by atoms with Gasteiger partial charge in [0.1, 0.15) is 16.8 Å². The molecule has 0 saturated heterocycles. The highest BCUT2D eigenvalue weighted by molar-refractivity contribution is 5.96. The fourth-order valence-corrected chi connectivity index (χ4v) is 3.85. The molecule has 0 radical (unpaired) electrons. The molecule has 2 N–H and O–H groups in total. The first-order valence-corrected chi connectivity index (χ1v) is 10.9. The zero-order chi connectivity index (χ0) is 22.7. The van der Waals surface area contributed by atoms with Crippen LogP contribution in [0, 0.1) is 12.3 Å². The van der Waals surface area contributed by atoms with E-state index in [9.17, 15) is 9.59 Å². The van der Waals surface area contributed by atoms with Crippen molar-refractivity contribution >= 4 is 22.6 Å². The third-order valence-electron chi connectivity index (χ3n) is 5.66. The fourth-order valence-electron chi connectivity index (χ4n) is 3.85. The number of aromatic nitrogens is 3. The smallest absolute Gasteiger partial charge is 0.267 e. The number of benzene rings is 1. The van der Waals surface area contributed by atoms with E-state index in [2.05, 4.69) is 12.2 Å². The Bertz CT molecular complexity index is 1400. The molecule has 0 bridgehead atoms. The third kappa shape index (κ3) is 4.06. The quantitative estimate of drug-likeness (QED) is 0.349. The van der Waals surface area contributed by atoms with Crippen LogP contribution in [0.4, 0.5) is 0 Å². The minimum absolute atomic E-state index is 0.0623.